The maximum absolute atomic E-state index is 12.2. The van der Waals surface area contributed by atoms with Gasteiger partial charge in [0.1, 0.15) is 0 Å². The van der Waals surface area contributed by atoms with Crippen molar-refractivity contribution >= 4 is 35.8 Å². The van der Waals surface area contributed by atoms with Gasteiger partial charge in [0.2, 0.25) is 5.91 Å². The van der Waals surface area contributed by atoms with Gasteiger partial charge in [0.15, 0.2) is 5.96 Å². The van der Waals surface area contributed by atoms with Gasteiger partial charge < -0.3 is 19.9 Å². The molecule has 0 radical (unpaired) electrons. The molecule has 0 aromatic heterocycles. The molecule has 0 aromatic carbocycles. The Kier molecular flexibility index (Phi) is 17.0. The summed E-state index contributed by atoms with van der Waals surface area (Å²) in [5.41, 5.74) is 0. The average Bonchev–Trinajstić information content (AvgIpc) is 2.50. The second-order valence-corrected chi connectivity index (χ2v) is 5.95. The van der Waals surface area contributed by atoms with E-state index in [1.54, 1.807) is 0 Å². The van der Waals surface area contributed by atoms with Gasteiger partial charge in [0, 0.05) is 33.3 Å². The number of likely N-dealkylation sites (N-methyl/N-ethyl adjacent to an activating group) is 2. The van der Waals surface area contributed by atoms with Gasteiger partial charge in [-0.15, -0.1) is 24.0 Å². The molecule has 6 nitrogen and oxygen atoms in total. The molecule has 0 heterocycles. The normalized spacial score (nSPS) is 11.2. The van der Waals surface area contributed by atoms with E-state index >= 15 is 0 Å². The number of nitrogens with zero attached hydrogens (tertiary/aromatic N) is 3. The molecular weight excluding hydrogens is 419 g/mol. The number of carbonyl (C=O) groups excluding carboxylic acids is 1. The zero-order valence-electron chi connectivity index (χ0n) is 16.3. The maximum Gasteiger partial charge on any atom is 0.242 e. The van der Waals surface area contributed by atoms with E-state index in [0.717, 1.165) is 38.6 Å². The Hall–Kier alpha value is -0.570. The molecule has 0 atom stereocenters. The quantitative estimate of drug-likeness (QED) is 0.225. The summed E-state index contributed by atoms with van der Waals surface area (Å²) in [6.07, 6.45) is 1.07. The van der Waals surface area contributed by atoms with Gasteiger partial charge in [-0.3, -0.25) is 9.79 Å². The van der Waals surface area contributed by atoms with Crippen LogP contribution in [-0.4, -0.2) is 74.7 Å². The Morgan fingerprint density at radius 3 is 2.29 bits per heavy atom. The highest BCUT2D eigenvalue weighted by Crippen LogP contribution is 1.98. The van der Waals surface area contributed by atoms with Crippen molar-refractivity contribution in [1.82, 2.24) is 15.1 Å². The molecule has 0 unspecified atom stereocenters. The van der Waals surface area contributed by atoms with Crippen molar-refractivity contribution in [3.63, 3.8) is 0 Å². The molecule has 1 amide bonds. The van der Waals surface area contributed by atoms with E-state index in [1.165, 1.54) is 0 Å². The number of rotatable bonds is 11. The summed E-state index contributed by atoms with van der Waals surface area (Å²) in [6, 6.07) is 0. The molecule has 0 aliphatic heterocycles. The second-order valence-electron chi connectivity index (χ2n) is 5.95. The molecule has 0 aromatic rings. The van der Waals surface area contributed by atoms with Crippen molar-refractivity contribution in [3.05, 3.63) is 0 Å². The number of aliphatic imine (C=N–C) groups is 1. The van der Waals surface area contributed by atoms with Crippen LogP contribution in [-0.2, 0) is 9.53 Å². The van der Waals surface area contributed by atoms with Crippen LogP contribution in [0.3, 0.4) is 0 Å². The minimum absolute atomic E-state index is 0. The highest BCUT2D eigenvalue weighted by atomic mass is 127. The lowest BCUT2D eigenvalue weighted by Crippen LogP contribution is -2.45. The van der Waals surface area contributed by atoms with Gasteiger partial charge in [-0.25, -0.2) is 0 Å². The minimum Gasteiger partial charge on any atom is -0.380 e. The number of hydrogen-bond donors (Lipinski definition) is 1. The molecule has 7 heteroatoms. The summed E-state index contributed by atoms with van der Waals surface area (Å²) in [5.74, 6) is 1.53. The van der Waals surface area contributed by atoms with Crippen LogP contribution in [0.5, 0.6) is 0 Å². The van der Waals surface area contributed by atoms with Gasteiger partial charge in [0.25, 0.3) is 0 Å². The van der Waals surface area contributed by atoms with E-state index in [9.17, 15) is 4.79 Å². The Morgan fingerprint density at radius 2 is 1.79 bits per heavy atom. The fourth-order valence-electron chi connectivity index (χ4n) is 2.06. The predicted molar refractivity (Wildman–Crippen MR) is 112 cm³/mol. The first-order valence-corrected chi connectivity index (χ1v) is 8.81. The molecule has 0 saturated carbocycles. The monoisotopic (exact) mass is 456 g/mol. The van der Waals surface area contributed by atoms with Crippen LogP contribution in [0, 0.1) is 5.92 Å². The van der Waals surface area contributed by atoms with E-state index < -0.39 is 0 Å². The predicted octanol–water partition coefficient (Wildman–Crippen LogP) is 2.43. The lowest BCUT2D eigenvalue weighted by molar-refractivity contribution is -0.131. The highest BCUT2D eigenvalue weighted by Gasteiger charge is 2.14. The molecule has 0 aliphatic rings. The van der Waals surface area contributed by atoms with Crippen LogP contribution >= 0.6 is 24.0 Å². The molecule has 0 rings (SSSR count). The molecular formula is C17H37IN4O2. The van der Waals surface area contributed by atoms with E-state index in [1.807, 2.05) is 37.6 Å². The van der Waals surface area contributed by atoms with Gasteiger partial charge in [-0.05, 0) is 33.1 Å². The summed E-state index contributed by atoms with van der Waals surface area (Å²) in [7, 11) is 1.89. The molecule has 144 valence electrons. The number of hydrogen-bond acceptors (Lipinski definition) is 3. The molecule has 1 N–H and O–H groups in total. The molecule has 0 saturated heterocycles. The summed E-state index contributed by atoms with van der Waals surface area (Å²) in [5, 5.41) is 3.22. The lowest BCUT2D eigenvalue weighted by Gasteiger charge is -2.25. The van der Waals surface area contributed by atoms with Crippen LogP contribution in [0.1, 0.15) is 41.0 Å². The van der Waals surface area contributed by atoms with Crippen LogP contribution in [0.2, 0.25) is 0 Å². The zero-order chi connectivity index (χ0) is 17.7. The molecule has 0 fully saturated rings. The number of amides is 1. The van der Waals surface area contributed by atoms with Crippen LogP contribution < -0.4 is 5.32 Å². The van der Waals surface area contributed by atoms with Crippen molar-refractivity contribution in [3.8, 4) is 0 Å². The second kappa shape index (κ2) is 15.9. The van der Waals surface area contributed by atoms with E-state index in [-0.39, 0.29) is 29.9 Å². The minimum atomic E-state index is 0. The van der Waals surface area contributed by atoms with Gasteiger partial charge in [0.05, 0.1) is 19.7 Å². The third-order valence-corrected chi connectivity index (χ3v) is 3.52. The van der Waals surface area contributed by atoms with Crippen LogP contribution in [0.25, 0.3) is 0 Å². The summed E-state index contributed by atoms with van der Waals surface area (Å²) >= 11 is 0. The summed E-state index contributed by atoms with van der Waals surface area (Å²) in [4.78, 5) is 20.4. The van der Waals surface area contributed by atoms with Crippen molar-refractivity contribution in [2.24, 2.45) is 10.9 Å². The van der Waals surface area contributed by atoms with Gasteiger partial charge >= 0.3 is 0 Å². The summed E-state index contributed by atoms with van der Waals surface area (Å²) < 4.78 is 5.58. The topological polar surface area (TPSA) is 57.2 Å². The summed E-state index contributed by atoms with van der Waals surface area (Å²) in [6.45, 7) is 15.0. The van der Waals surface area contributed by atoms with E-state index in [4.69, 9.17) is 4.74 Å². The number of carbonyl (C=O) groups is 1. The fraction of sp³-hybridized carbons (Fsp3) is 0.882. The Balaban J connectivity index is 0. The molecule has 24 heavy (non-hydrogen) atoms. The van der Waals surface area contributed by atoms with Crippen molar-refractivity contribution in [1.29, 1.82) is 0 Å². The van der Waals surface area contributed by atoms with Crippen LogP contribution in [0.4, 0.5) is 0 Å². The molecule has 0 aliphatic carbocycles. The van der Waals surface area contributed by atoms with Crippen molar-refractivity contribution in [2.75, 3.05) is 53.0 Å². The largest absolute Gasteiger partial charge is 0.380 e. The third kappa shape index (κ3) is 11.9. The first-order valence-electron chi connectivity index (χ1n) is 8.81. The van der Waals surface area contributed by atoms with Crippen LogP contribution in [0.15, 0.2) is 4.99 Å². The average molecular weight is 456 g/mol. The lowest BCUT2D eigenvalue weighted by atomic mass is 10.1. The number of nitrogens with one attached hydrogen (secondary N) is 1. The highest BCUT2D eigenvalue weighted by molar-refractivity contribution is 14.0. The zero-order valence-corrected chi connectivity index (χ0v) is 18.6. The number of ether oxygens (including phenoxy) is 1. The fourth-order valence-corrected chi connectivity index (χ4v) is 2.06. The van der Waals surface area contributed by atoms with Crippen molar-refractivity contribution in [2.45, 2.75) is 41.0 Å². The number of halogens is 1. The number of guanidine groups is 1. The van der Waals surface area contributed by atoms with Crippen molar-refractivity contribution < 1.29 is 9.53 Å². The van der Waals surface area contributed by atoms with Gasteiger partial charge in [-0.2, -0.15) is 0 Å². The van der Waals surface area contributed by atoms with E-state index in [0.29, 0.717) is 25.6 Å². The first-order chi connectivity index (χ1) is 11.0. The Bertz CT molecular complexity index is 347. The SMILES string of the molecule is CCNC(=NCCOCCC(C)C)N(C)CC(=O)N(CC)CC.I. The standard InChI is InChI=1S/C17H36N4O2.HI/c1-7-18-17(19-11-13-23-12-10-15(4)5)20(6)14-16(22)21(8-2)9-3;/h15H,7-14H2,1-6H3,(H,18,19);1H. The van der Waals surface area contributed by atoms with Gasteiger partial charge in [-0.1, -0.05) is 13.8 Å². The molecule has 0 bridgehead atoms. The smallest absolute Gasteiger partial charge is 0.242 e. The Morgan fingerprint density at radius 1 is 1.17 bits per heavy atom. The maximum atomic E-state index is 12.2. The third-order valence-electron chi connectivity index (χ3n) is 3.52. The van der Waals surface area contributed by atoms with E-state index in [2.05, 4.69) is 24.2 Å². The first kappa shape index (κ1) is 25.7. The Labute approximate surface area is 165 Å². The molecule has 0 spiro atoms.